The first-order chi connectivity index (χ1) is 10.3. The lowest BCUT2D eigenvalue weighted by Crippen LogP contribution is -2.41. The van der Waals surface area contributed by atoms with Gasteiger partial charge < -0.3 is 14.4 Å². The molecule has 2 heterocycles. The Hall–Kier alpha value is -1.21. The van der Waals surface area contributed by atoms with Crippen LogP contribution in [-0.2, 0) is 9.31 Å². The topological polar surface area (TPSA) is 51.6 Å². The molecule has 1 aromatic carbocycles. The van der Waals surface area contributed by atoms with E-state index < -0.39 is 18.3 Å². The summed E-state index contributed by atoms with van der Waals surface area (Å²) in [4.78, 5) is 4.27. The van der Waals surface area contributed by atoms with E-state index in [4.69, 9.17) is 9.31 Å². The summed E-state index contributed by atoms with van der Waals surface area (Å²) >= 11 is 1.60. The quantitative estimate of drug-likeness (QED) is 0.883. The SMILES string of the molecule is CC1(C)OB(C(=Cc2ccc3ncsc3c2)CO)OC1(C)C. The number of hydrogen-bond donors (Lipinski definition) is 1. The normalized spacial score (nSPS) is 20.8. The fourth-order valence-corrected chi connectivity index (χ4v) is 3.08. The summed E-state index contributed by atoms with van der Waals surface area (Å²) in [6.45, 7) is 7.92. The highest BCUT2D eigenvalue weighted by atomic mass is 32.1. The third-order valence-corrected chi connectivity index (χ3v) is 5.24. The third-order valence-electron chi connectivity index (χ3n) is 4.45. The summed E-state index contributed by atoms with van der Waals surface area (Å²) in [6, 6.07) is 6.04. The average Bonchev–Trinajstić information content (AvgIpc) is 2.98. The Balaban J connectivity index is 1.90. The van der Waals surface area contributed by atoms with Gasteiger partial charge in [-0.15, -0.1) is 11.3 Å². The lowest BCUT2D eigenvalue weighted by atomic mass is 9.77. The lowest BCUT2D eigenvalue weighted by Gasteiger charge is -2.32. The van der Waals surface area contributed by atoms with Crippen LogP contribution in [0, 0.1) is 0 Å². The van der Waals surface area contributed by atoms with Gasteiger partial charge in [0.25, 0.3) is 0 Å². The van der Waals surface area contributed by atoms with E-state index in [9.17, 15) is 5.11 Å². The zero-order valence-electron chi connectivity index (χ0n) is 13.3. The van der Waals surface area contributed by atoms with Crippen molar-refractivity contribution in [1.29, 1.82) is 0 Å². The maximum absolute atomic E-state index is 9.72. The molecule has 3 rings (SSSR count). The van der Waals surface area contributed by atoms with Crippen molar-refractivity contribution >= 4 is 34.7 Å². The van der Waals surface area contributed by atoms with Crippen LogP contribution in [-0.4, -0.2) is 35.0 Å². The smallest absolute Gasteiger partial charge is 0.400 e. The van der Waals surface area contributed by atoms with Crippen molar-refractivity contribution in [3.05, 3.63) is 34.7 Å². The minimum Gasteiger partial charge on any atom is -0.400 e. The molecule has 116 valence electrons. The van der Waals surface area contributed by atoms with E-state index in [-0.39, 0.29) is 6.61 Å². The number of fused-ring (bicyclic) bond motifs is 1. The van der Waals surface area contributed by atoms with Crippen molar-refractivity contribution in [1.82, 2.24) is 4.98 Å². The second-order valence-corrected chi connectivity index (χ2v) is 7.43. The van der Waals surface area contributed by atoms with Gasteiger partial charge in [0.05, 0.1) is 33.5 Å². The van der Waals surface area contributed by atoms with E-state index in [1.165, 1.54) is 0 Å². The predicted molar refractivity (Wildman–Crippen MR) is 90.8 cm³/mol. The number of aliphatic hydroxyl groups is 1. The minimum absolute atomic E-state index is 0.0996. The van der Waals surface area contributed by atoms with E-state index in [0.29, 0.717) is 0 Å². The van der Waals surface area contributed by atoms with Crippen LogP contribution in [0.15, 0.2) is 29.2 Å². The average molecular weight is 317 g/mol. The Morgan fingerprint density at radius 3 is 2.59 bits per heavy atom. The molecule has 2 aromatic rings. The standard InChI is InChI=1S/C16H20BNO3S/c1-15(2)16(3,4)21-17(20-15)12(9-19)7-11-5-6-13-14(8-11)22-10-18-13/h5-8,10,19H,9H2,1-4H3. The molecule has 1 saturated heterocycles. The first-order valence-corrected chi connectivity index (χ1v) is 8.20. The summed E-state index contributed by atoms with van der Waals surface area (Å²) in [5.74, 6) is 0. The van der Waals surface area contributed by atoms with Crippen LogP contribution in [0.1, 0.15) is 33.3 Å². The molecule has 1 N–H and O–H groups in total. The Bertz CT molecular complexity index is 707. The van der Waals surface area contributed by atoms with Crippen molar-refractivity contribution in [2.75, 3.05) is 6.61 Å². The highest BCUT2D eigenvalue weighted by molar-refractivity contribution is 7.16. The van der Waals surface area contributed by atoms with Gasteiger partial charge in [-0.2, -0.15) is 0 Å². The predicted octanol–water partition coefficient (Wildman–Crippen LogP) is 3.30. The minimum atomic E-state index is -0.521. The summed E-state index contributed by atoms with van der Waals surface area (Å²) in [5, 5.41) is 9.72. The van der Waals surface area contributed by atoms with Crippen LogP contribution in [0.25, 0.3) is 16.3 Å². The van der Waals surface area contributed by atoms with Gasteiger partial charge in [0.2, 0.25) is 0 Å². The number of hydrogen-bond acceptors (Lipinski definition) is 5. The van der Waals surface area contributed by atoms with Gasteiger partial charge in [-0.25, -0.2) is 4.98 Å². The number of benzene rings is 1. The first kappa shape index (κ1) is 15.7. The molecule has 1 aliphatic rings. The van der Waals surface area contributed by atoms with Crippen molar-refractivity contribution < 1.29 is 14.4 Å². The molecular formula is C16H20BNO3S. The Labute approximate surface area is 134 Å². The molecule has 1 aliphatic heterocycles. The molecule has 0 spiro atoms. The van der Waals surface area contributed by atoms with E-state index in [2.05, 4.69) is 11.1 Å². The molecule has 22 heavy (non-hydrogen) atoms. The van der Waals surface area contributed by atoms with Crippen LogP contribution >= 0.6 is 11.3 Å². The molecule has 0 amide bonds. The van der Waals surface area contributed by atoms with Crippen LogP contribution in [0.2, 0.25) is 0 Å². The Kier molecular flexibility index (Phi) is 3.89. The number of rotatable bonds is 3. The molecule has 4 nitrogen and oxygen atoms in total. The highest BCUT2D eigenvalue weighted by Crippen LogP contribution is 2.38. The maximum atomic E-state index is 9.72. The second-order valence-electron chi connectivity index (χ2n) is 6.55. The van der Waals surface area contributed by atoms with Crippen molar-refractivity contribution in [2.45, 2.75) is 38.9 Å². The molecule has 0 radical (unpaired) electrons. The zero-order chi connectivity index (χ0) is 16.0. The molecular weight excluding hydrogens is 297 g/mol. The number of aromatic nitrogens is 1. The maximum Gasteiger partial charge on any atom is 0.492 e. The fourth-order valence-electron chi connectivity index (χ4n) is 2.36. The fraction of sp³-hybridized carbons (Fsp3) is 0.438. The van der Waals surface area contributed by atoms with E-state index in [1.807, 2.05) is 51.4 Å². The Morgan fingerprint density at radius 1 is 1.27 bits per heavy atom. The van der Waals surface area contributed by atoms with Crippen molar-refractivity contribution in [3.63, 3.8) is 0 Å². The van der Waals surface area contributed by atoms with Gasteiger partial charge >= 0.3 is 7.12 Å². The summed E-state index contributed by atoms with van der Waals surface area (Å²) < 4.78 is 13.1. The molecule has 6 heteroatoms. The second kappa shape index (κ2) is 5.46. The van der Waals surface area contributed by atoms with Gasteiger partial charge in [0.15, 0.2) is 0 Å². The lowest BCUT2D eigenvalue weighted by molar-refractivity contribution is 0.00578. The monoisotopic (exact) mass is 317 g/mol. The van der Waals surface area contributed by atoms with Gasteiger partial charge in [0.1, 0.15) is 0 Å². The molecule has 0 aliphatic carbocycles. The Morgan fingerprint density at radius 2 is 1.95 bits per heavy atom. The van der Waals surface area contributed by atoms with Gasteiger partial charge in [-0.3, -0.25) is 0 Å². The summed E-state index contributed by atoms with van der Waals surface area (Å²) in [6.07, 6.45) is 1.93. The molecule has 0 saturated carbocycles. The van der Waals surface area contributed by atoms with Crippen LogP contribution < -0.4 is 0 Å². The molecule has 0 bridgehead atoms. The van der Waals surface area contributed by atoms with Crippen molar-refractivity contribution in [2.24, 2.45) is 0 Å². The van der Waals surface area contributed by atoms with Gasteiger partial charge in [-0.05, 0) is 50.9 Å². The van der Waals surface area contributed by atoms with Crippen LogP contribution in [0.4, 0.5) is 0 Å². The van der Waals surface area contributed by atoms with Crippen LogP contribution in [0.3, 0.4) is 0 Å². The van der Waals surface area contributed by atoms with Gasteiger partial charge in [-0.1, -0.05) is 12.1 Å². The highest BCUT2D eigenvalue weighted by Gasteiger charge is 2.52. The largest absolute Gasteiger partial charge is 0.492 e. The number of nitrogens with zero attached hydrogens (tertiary/aromatic N) is 1. The molecule has 1 fully saturated rings. The molecule has 0 atom stereocenters. The van der Waals surface area contributed by atoms with Crippen LogP contribution in [0.5, 0.6) is 0 Å². The molecule has 1 aromatic heterocycles. The van der Waals surface area contributed by atoms with E-state index >= 15 is 0 Å². The molecule has 0 unspecified atom stereocenters. The number of thiazole rings is 1. The van der Waals surface area contributed by atoms with E-state index in [0.717, 1.165) is 21.3 Å². The van der Waals surface area contributed by atoms with Crippen molar-refractivity contribution in [3.8, 4) is 0 Å². The van der Waals surface area contributed by atoms with Gasteiger partial charge in [0, 0.05) is 0 Å². The summed E-state index contributed by atoms with van der Waals surface area (Å²) in [5.41, 5.74) is 3.74. The zero-order valence-corrected chi connectivity index (χ0v) is 14.1. The number of aliphatic hydroxyl groups excluding tert-OH is 1. The summed E-state index contributed by atoms with van der Waals surface area (Å²) in [7, 11) is -0.521. The van der Waals surface area contributed by atoms with E-state index in [1.54, 1.807) is 11.3 Å². The first-order valence-electron chi connectivity index (χ1n) is 7.33. The third kappa shape index (κ3) is 2.72.